The molecule has 2 rings (SSSR count). The zero-order valence-corrected chi connectivity index (χ0v) is 11.2. The molecule has 0 atom stereocenters. The summed E-state index contributed by atoms with van der Waals surface area (Å²) in [5.41, 5.74) is 1.85. The summed E-state index contributed by atoms with van der Waals surface area (Å²) in [4.78, 5) is 8.32. The Hall–Kier alpha value is -1.61. The lowest BCUT2D eigenvalue weighted by molar-refractivity contribution is 0.450. The molecule has 4 heteroatoms. The molecule has 0 radical (unpaired) electrons. The van der Waals surface area contributed by atoms with Crippen LogP contribution < -0.4 is 4.74 Å². The number of para-hydroxylation sites is 1. The van der Waals surface area contributed by atoms with E-state index in [4.69, 9.17) is 16.3 Å². The molecular weight excluding hydrogens is 248 g/mol. The van der Waals surface area contributed by atoms with Gasteiger partial charge in [0.15, 0.2) is 0 Å². The monoisotopic (exact) mass is 262 g/mol. The van der Waals surface area contributed by atoms with Crippen LogP contribution in [0.1, 0.15) is 31.0 Å². The van der Waals surface area contributed by atoms with Crippen molar-refractivity contribution in [2.24, 2.45) is 0 Å². The smallest absolute Gasteiger partial charge is 0.238 e. The van der Waals surface area contributed by atoms with Crippen molar-refractivity contribution in [2.45, 2.75) is 25.6 Å². The van der Waals surface area contributed by atoms with Crippen LogP contribution in [0.4, 0.5) is 0 Å². The van der Waals surface area contributed by atoms with Gasteiger partial charge in [-0.2, -0.15) is 0 Å². The Morgan fingerprint density at radius 1 is 1.22 bits per heavy atom. The molecule has 0 spiro atoms. The van der Waals surface area contributed by atoms with Crippen LogP contribution in [-0.2, 0) is 5.88 Å². The van der Waals surface area contributed by atoms with Gasteiger partial charge in [0.2, 0.25) is 5.88 Å². The van der Waals surface area contributed by atoms with Gasteiger partial charge in [0.1, 0.15) is 5.75 Å². The maximum absolute atomic E-state index is 5.78. The zero-order valence-electron chi connectivity index (χ0n) is 10.4. The van der Waals surface area contributed by atoms with Crippen molar-refractivity contribution in [1.29, 1.82) is 0 Å². The quantitative estimate of drug-likeness (QED) is 0.777. The summed E-state index contributed by atoms with van der Waals surface area (Å²) in [5.74, 6) is 2.01. The van der Waals surface area contributed by atoms with Gasteiger partial charge < -0.3 is 4.74 Å². The Kier molecular flexibility index (Phi) is 4.15. The van der Waals surface area contributed by atoms with E-state index < -0.39 is 0 Å². The summed E-state index contributed by atoms with van der Waals surface area (Å²) in [5, 5.41) is 0. The minimum absolute atomic E-state index is 0.329. The van der Waals surface area contributed by atoms with Gasteiger partial charge in [-0.15, -0.1) is 11.6 Å². The molecule has 1 aromatic heterocycles. The molecule has 0 amide bonds. The van der Waals surface area contributed by atoms with E-state index in [0.29, 0.717) is 23.4 Å². The number of aromatic nitrogens is 2. The van der Waals surface area contributed by atoms with E-state index >= 15 is 0 Å². The number of hydrogen-bond acceptors (Lipinski definition) is 3. The van der Waals surface area contributed by atoms with Crippen molar-refractivity contribution in [3.05, 3.63) is 47.9 Å². The van der Waals surface area contributed by atoms with Gasteiger partial charge in [-0.1, -0.05) is 32.0 Å². The molecule has 0 unspecified atom stereocenters. The molecule has 0 saturated heterocycles. The molecule has 0 bridgehead atoms. The maximum atomic E-state index is 5.78. The first kappa shape index (κ1) is 12.8. The molecule has 3 nitrogen and oxygen atoms in total. The summed E-state index contributed by atoms with van der Waals surface area (Å²) in [6.07, 6.45) is 3.22. The third-order valence-electron chi connectivity index (χ3n) is 2.55. The Labute approximate surface area is 112 Å². The molecule has 0 aliphatic heterocycles. The molecule has 0 aliphatic rings. The number of hydrogen-bond donors (Lipinski definition) is 0. The van der Waals surface area contributed by atoms with Gasteiger partial charge in [-0.05, 0) is 17.5 Å². The number of halogens is 1. The molecule has 0 aliphatic carbocycles. The SMILES string of the molecule is CC(C)c1ccccc1Oc1cncc(CCl)n1. The van der Waals surface area contributed by atoms with E-state index in [0.717, 1.165) is 11.3 Å². The summed E-state index contributed by atoms with van der Waals surface area (Å²) in [6, 6.07) is 7.94. The third-order valence-corrected chi connectivity index (χ3v) is 2.83. The molecular formula is C14H15ClN2O. The van der Waals surface area contributed by atoms with Crippen molar-refractivity contribution in [3.8, 4) is 11.6 Å². The van der Waals surface area contributed by atoms with Gasteiger partial charge >= 0.3 is 0 Å². The summed E-state index contributed by atoms with van der Waals surface area (Å²) < 4.78 is 5.78. The number of ether oxygens (including phenoxy) is 1. The normalized spacial score (nSPS) is 10.7. The van der Waals surface area contributed by atoms with Crippen LogP contribution in [0.25, 0.3) is 0 Å². The lowest BCUT2D eigenvalue weighted by Crippen LogP contribution is -1.97. The predicted octanol–water partition coefficient (Wildman–Crippen LogP) is 4.13. The lowest BCUT2D eigenvalue weighted by atomic mass is 10.0. The lowest BCUT2D eigenvalue weighted by Gasteiger charge is -2.12. The topological polar surface area (TPSA) is 35.0 Å². The molecule has 94 valence electrons. The highest BCUT2D eigenvalue weighted by Crippen LogP contribution is 2.29. The largest absolute Gasteiger partial charge is 0.437 e. The highest BCUT2D eigenvalue weighted by molar-refractivity contribution is 6.16. The molecule has 0 N–H and O–H groups in total. The molecule has 0 fully saturated rings. The van der Waals surface area contributed by atoms with Crippen molar-refractivity contribution < 1.29 is 4.74 Å². The highest BCUT2D eigenvalue weighted by atomic mass is 35.5. The Morgan fingerprint density at radius 3 is 2.72 bits per heavy atom. The van der Waals surface area contributed by atoms with E-state index in [1.54, 1.807) is 12.4 Å². The molecule has 1 heterocycles. The van der Waals surface area contributed by atoms with E-state index in [1.165, 1.54) is 0 Å². The second-order valence-electron chi connectivity index (χ2n) is 4.28. The first-order valence-corrected chi connectivity index (χ1v) is 6.38. The highest BCUT2D eigenvalue weighted by Gasteiger charge is 2.08. The average molecular weight is 263 g/mol. The van der Waals surface area contributed by atoms with E-state index in [1.807, 2.05) is 18.2 Å². The van der Waals surface area contributed by atoms with Gasteiger partial charge in [0, 0.05) is 6.20 Å². The minimum Gasteiger partial charge on any atom is -0.437 e. The fourth-order valence-electron chi connectivity index (χ4n) is 1.66. The first-order valence-electron chi connectivity index (χ1n) is 5.84. The minimum atomic E-state index is 0.329. The van der Waals surface area contributed by atoms with Crippen molar-refractivity contribution in [3.63, 3.8) is 0 Å². The first-order chi connectivity index (χ1) is 8.70. The Bertz CT molecular complexity index is 529. The van der Waals surface area contributed by atoms with Crippen LogP contribution in [-0.4, -0.2) is 9.97 Å². The van der Waals surface area contributed by atoms with Crippen LogP contribution in [0, 0.1) is 0 Å². The molecule has 2 aromatic rings. The fraction of sp³-hybridized carbons (Fsp3) is 0.286. The van der Waals surface area contributed by atoms with Crippen LogP contribution in [0.15, 0.2) is 36.7 Å². The van der Waals surface area contributed by atoms with Crippen molar-refractivity contribution in [1.82, 2.24) is 9.97 Å². The predicted molar refractivity (Wildman–Crippen MR) is 72.2 cm³/mol. The molecule has 18 heavy (non-hydrogen) atoms. The van der Waals surface area contributed by atoms with Gasteiger partial charge in [0.05, 0.1) is 17.8 Å². The zero-order chi connectivity index (χ0) is 13.0. The molecule has 0 saturated carbocycles. The fourth-order valence-corrected chi connectivity index (χ4v) is 1.79. The number of nitrogens with zero attached hydrogens (tertiary/aromatic N) is 2. The van der Waals surface area contributed by atoms with Gasteiger partial charge in [-0.25, -0.2) is 4.98 Å². The number of benzene rings is 1. The average Bonchev–Trinajstić information content (AvgIpc) is 2.39. The maximum Gasteiger partial charge on any atom is 0.238 e. The van der Waals surface area contributed by atoms with Crippen LogP contribution in [0.3, 0.4) is 0 Å². The van der Waals surface area contributed by atoms with E-state index in [9.17, 15) is 0 Å². The van der Waals surface area contributed by atoms with Crippen LogP contribution in [0.5, 0.6) is 11.6 Å². The van der Waals surface area contributed by atoms with Crippen LogP contribution in [0.2, 0.25) is 0 Å². The number of rotatable bonds is 4. The van der Waals surface area contributed by atoms with Gasteiger partial charge in [-0.3, -0.25) is 4.98 Å². The Morgan fingerprint density at radius 2 is 2.00 bits per heavy atom. The van der Waals surface area contributed by atoms with Gasteiger partial charge in [0.25, 0.3) is 0 Å². The second-order valence-corrected chi connectivity index (χ2v) is 4.54. The summed E-state index contributed by atoms with van der Waals surface area (Å²) in [6.45, 7) is 4.26. The second kappa shape index (κ2) is 5.83. The van der Waals surface area contributed by atoms with Crippen LogP contribution >= 0.6 is 11.6 Å². The molecule has 1 aromatic carbocycles. The summed E-state index contributed by atoms with van der Waals surface area (Å²) in [7, 11) is 0. The summed E-state index contributed by atoms with van der Waals surface area (Å²) >= 11 is 5.73. The van der Waals surface area contributed by atoms with Crippen molar-refractivity contribution >= 4 is 11.6 Å². The van der Waals surface area contributed by atoms with E-state index in [-0.39, 0.29) is 0 Å². The Balaban J connectivity index is 2.28. The number of alkyl halides is 1. The standard InChI is InChI=1S/C14H15ClN2O/c1-10(2)12-5-3-4-6-13(12)18-14-9-16-8-11(7-15)17-14/h3-6,8-10H,7H2,1-2H3. The van der Waals surface area contributed by atoms with Crippen molar-refractivity contribution in [2.75, 3.05) is 0 Å². The van der Waals surface area contributed by atoms with E-state index in [2.05, 4.69) is 29.9 Å². The third kappa shape index (κ3) is 2.99.